The lowest BCUT2D eigenvalue weighted by atomic mass is 9.74. The molecule has 1 unspecified atom stereocenters. The standard InChI is InChI=1S/C26H30FN5O3S/c1-17(33)29-21-7-9-23(10-8-21)36(34,35)28-15-22-13-19-11-12-32(22)16-24(19)26-14-25(30-31(26)2)18-3-5-20(27)6-4-18/h3-10,14,19,22,24,28H,11-13,15-16H2,1-2H3,(H,29,33)/t19-,22+,24-/m0/s1. The molecule has 3 saturated heterocycles. The van der Waals surface area contributed by atoms with Gasteiger partial charge in [0.05, 0.1) is 10.6 Å². The van der Waals surface area contributed by atoms with E-state index >= 15 is 0 Å². The molecular formula is C26H30FN5O3S. The lowest BCUT2D eigenvalue weighted by Crippen LogP contribution is -2.56. The second-order valence-corrected chi connectivity index (χ2v) is 11.4. The fourth-order valence-electron chi connectivity index (χ4n) is 5.49. The molecule has 0 radical (unpaired) electrons. The second kappa shape index (κ2) is 9.76. The zero-order valence-corrected chi connectivity index (χ0v) is 21.1. The number of nitrogens with zero attached hydrogens (tertiary/aromatic N) is 3. The molecule has 10 heteroatoms. The summed E-state index contributed by atoms with van der Waals surface area (Å²) in [5.41, 5.74) is 3.43. The minimum absolute atomic E-state index is 0.137. The van der Waals surface area contributed by atoms with Crippen molar-refractivity contribution in [2.24, 2.45) is 13.0 Å². The summed E-state index contributed by atoms with van der Waals surface area (Å²) < 4.78 is 43.7. The van der Waals surface area contributed by atoms with Gasteiger partial charge in [-0.05, 0) is 79.9 Å². The van der Waals surface area contributed by atoms with Crippen LogP contribution in [0.4, 0.5) is 10.1 Å². The van der Waals surface area contributed by atoms with Crippen molar-refractivity contribution in [2.45, 2.75) is 36.6 Å². The van der Waals surface area contributed by atoms with Gasteiger partial charge in [-0.3, -0.25) is 14.4 Å². The van der Waals surface area contributed by atoms with E-state index in [1.54, 1.807) is 24.3 Å². The van der Waals surface area contributed by atoms with Crippen molar-refractivity contribution in [1.82, 2.24) is 19.4 Å². The zero-order chi connectivity index (χ0) is 25.4. The average molecular weight is 512 g/mol. The molecule has 190 valence electrons. The van der Waals surface area contributed by atoms with E-state index in [1.165, 1.54) is 31.2 Å². The Bertz CT molecular complexity index is 1360. The van der Waals surface area contributed by atoms with Gasteiger partial charge < -0.3 is 5.32 Å². The number of carbonyl (C=O) groups is 1. The predicted molar refractivity (Wildman–Crippen MR) is 135 cm³/mol. The van der Waals surface area contributed by atoms with Crippen LogP contribution in [0.2, 0.25) is 0 Å². The summed E-state index contributed by atoms with van der Waals surface area (Å²) in [5, 5.41) is 7.31. The average Bonchev–Trinajstić information content (AvgIpc) is 3.25. The summed E-state index contributed by atoms with van der Waals surface area (Å²) in [6.07, 6.45) is 1.97. The van der Waals surface area contributed by atoms with Gasteiger partial charge in [-0.1, -0.05) is 0 Å². The molecule has 8 nitrogen and oxygen atoms in total. The zero-order valence-electron chi connectivity index (χ0n) is 20.3. The highest BCUT2D eigenvalue weighted by atomic mass is 32.2. The molecule has 6 rings (SSSR count). The number of benzene rings is 2. The van der Waals surface area contributed by atoms with Crippen LogP contribution in [0.1, 0.15) is 31.4 Å². The van der Waals surface area contributed by atoms with Gasteiger partial charge in [-0.15, -0.1) is 0 Å². The van der Waals surface area contributed by atoms with Crippen molar-refractivity contribution in [3.05, 3.63) is 66.1 Å². The molecule has 1 amide bonds. The third-order valence-electron chi connectivity index (χ3n) is 7.31. The van der Waals surface area contributed by atoms with E-state index in [0.717, 1.165) is 42.9 Å². The Labute approximate surface area is 210 Å². The van der Waals surface area contributed by atoms with Gasteiger partial charge in [0.25, 0.3) is 0 Å². The molecular weight excluding hydrogens is 481 g/mol. The molecule has 3 aliphatic rings. The van der Waals surface area contributed by atoms with Crippen LogP contribution in [0, 0.1) is 11.7 Å². The minimum Gasteiger partial charge on any atom is -0.326 e. The third kappa shape index (κ3) is 5.07. The van der Waals surface area contributed by atoms with Crippen LogP contribution in [0.25, 0.3) is 11.3 Å². The Hall–Kier alpha value is -3.08. The number of amides is 1. The highest BCUT2D eigenvalue weighted by Gasteiger charge is 2.42. The van der Waals surface area contributed by atoms with Crippen molar-refractivity contribution >= 4 is 21.6 Å². The Morgan fingerprint density at radius 3 is 2.50 bits per heavy atom. The lowest BCUT2D eigenvalue weighted by molar-refractivity contribution is -0.114. The normalized spacial score (nSPS) is 23.5. The Balaban J connectivity index is 1.24. The molecule has 0 spiro atoms. The molecule has 0 aliphatic carbocycles. The van der Waals surface area contributed by atoms with Gasteiger partial charge in [0.1, 0.15) is 5.82 Å². The molecule has 2 N–H and O–H groups in total. The highest BCUT2D eigenvalue weighted by molar-refractivity contribution is 7.89. The summed E-state index contributed by atoms with van der Waals surface area (Å²) in [6, 6.07) is 14.8. The number of hydrogen-bond acceptors (Lipinski definition) is 5. The van der Waals surface area contributed by atoms with E-state index in [9.17, 15) is 17.6 Å². The quantitative estimate of drug-likeness (QED) is 0.507. The maximum absolute atomic E-state index is 13.3. The lowest BCUT2D eigenvalue weighted by Gasteiger charge is -2.49. The fourth-order valence-corrected chi connectivity index (χ4v) is 6.56. The monoisotopic (exact) mass is 511 g/mol. The van der Waals surface area contributed by atoms with Crippen molar-refractivity contribution < 1.29 is 17.6 Å². The molecule has 3 fully saturated rings. The van der Waals surface area contributed by atoms with Crippen LogP contribution >= 0.6 is 0 Å². The van der Waals surface area contributed by atoms with Crippen LogP contribution in [0.5, 0.6) is 0 Å². The molecule has 2 bridgehead atoms. The number of nitrogens with one attached hydrogen (secondary N) is 2. The molecule has 4 heterocycles. The molecule has 2 aromatic carbocycles. The third-order valence-corrected chi connectivity index (χ3v) is 8.75. The number of aryl methyl sites for hydroxylation is 1. The van der Waals surface area contributed by atoms with Crippen molar-refractivity contribution in [1.29, 1.82) is 0 Å². The van der Waals surface area contributed by atoms with Gasteiger partial charge in [0.2, 0.25) is 15.9 Å². The molecule has 1 aromatic heterocycles. The van der Waals surface area contributed by atoms with Crippen LogP contribution in [0.15, 0.2) is 59.5 Å². The number of carbonyl (C=O) groups excluding carboxylic acids is 1. The van der Waals surface area contributed by atoms with Gasteiger partial charge in [-0.25, -0.2) is 17.5 Å². The van der Waals surface area contributed by atoms with E-state index in [0.29, 0.717) is 24.1 Å². The summed E-state index contributed by atoms with van der Waals surface area (Å²) in [7, 11) is -1.71. The first kappa shape index (κ1) is 24.6. The number of hydrogen-bond donors (Lipinski definition) is 2. The smallest absolute Gasteiger partial charge is 0.240 e. The Kier molecular flexibility index (Phi) is 6.67. The Morgan fingerprint density at radius 1 is 1.14 bits per heavy atom. The molecule has 0 saturated carbocycles. The Morgan fingerprint density at radius 2 is 1.86 bits per heavy atom. The summed E-state index contributed by atoms with van der Waals surface area (Å²) in [6.45, 7) is 3.56. The summed E-state index contributed by atoms with van der Waals surface area (Å²) >= 11 is 0. The first-order chi connectivity index (χ1) is 17.2. The van der Waals surface area contributed by atoms with Crippen LogP contribution < -0.4 is 10.0 Å². The SMILES string of the molecule is CC(=O)Nc1ccc(S(=O)(=O)NC[C@H]2C[C@@H]3CCN2C[C@@H]3c2cc(-c3ccc(F)cc3)nn2C)cc1. The summed E-state index contributed by atoms with van der Waals surface area (Å²) in [5.74, 6) is 0.287. The predicted octanol–water partition coefficient (Wildman–Crippen LogP) is 3.34. The van der Waals surface area contributed by atoms with Gasteiger partial charge in [-0.2, -0.15) is 5.10 Å². The van der Waals surface area contributed by atoms with E-state index in [-0.39, 0.29) is 22.7 Å². The van der Waals surface area contributed by atoms with Crippen molar-refractivity contribution in [3.8, 4) is 11.3 Å². The van der Waals surface area contributed by atoms with Gasteiger partial charge in [0, 0.05) is 56.0 Å². The number of anilines is 1. The first-order valence-corrected chi connectivity index (χ1v) is 13.6. The van der Waals surface area contributed by atoms with E-state index in [4.69, 9.17) is 0 Å². The maximum Gasteiger partial charge on any atom is 0.240 e. The number of aromatic nitrogens is 2. The highest BCUT2D eigenvalue weighted by Crippen LogP contribution is 2.42. The van der Waals surface area contributed by atoms with Crippen molar-refractivity contribution in [3.63, 3.8) is 0 Å². The van der Waals surface area contributed by atoms with Gasteiger partial charge in [0.15, 0.2) is 0 Å². The largest absolute Gasteiger partial charge is 0.326 e. The maximum atomic E-state index is 13.3. The summed E-state index contributed by atoms with van der Waals surface area (Å²) in [4.78, 5) is 13.7. The molecule has 36 heavy (non-hydrogen) atoms. The number of piperidine rings is 3. The topological polar surface area (TPSA) is 96.3 Å². The number of sulfonamides is 1. The van der Waals surface area contributed by atoms with Crippen LogP contribution in [0.3, 0.4) is 0 Å². The molecule has 3 aromatic rings. The fraction of sp³-hybridized carbons (Fsp3) is 0.385. The molecule has 4 atom stereocenters. The second-order valence-electron chi connectivity index (χ2n) is 9.68. The van der Waals surface area contributed by atoms with Gasteiger partial charge >= 0.3 is 0 Å². The van der Waals surface area contributed by atoms with Crippen molar-refractivity contribution in [2.75, 3.05) is 25.0 Å². The van der Waals surface area contributed by atoms with E-state index in [2.05, 4.69) is 26.1 Å². The molecule has 3 aliphatic heterocycles. The number of halogens is 1. The van der Waals surface area contributed by atoms with E-state index < -0.39 is 10.0 Å². The van der Waals surface area contributed by atoms with Crippen LogP contribution in [-0.2, 0) is 21.9 Å². The number of rotatable bonds is 7. The van der Waals surface area contributed by atoms with E-state index in [1.807, 2.05) is 11.7 Å². The first-order valence-electron chi connectivity index (χ1n) is 12.1. The number of fused-ring (bicyclic) bond motifs is 3. The van der Waals surface area contributed by atoms with Crippen LogP contribution in [-0.4, -0.2) is 54.7 Å². The minimum atomic E-state index is -3.65.